The van der Waals surface area contributed by atoms with Crippen molar-refractivity contribution in [3.8, 4) is 0 Å². The van der Waals surface area contributed by atoms with E-state index in [4.69, 9.17) is 16.6 Å². The van der Waals surface area contributed by atoms with Gasteiger partial charge in [-0.25, -0.2) is 9.78 Å². The first-order valence-electron chi connectivity index (χ1n) is 6.18. The summed E-state index contributed by atoms with van der Waals surface area (Å²) in [6.45, 7) is 5.14. The molecular formula is C12H24ClN5O2. The van der Waals surface area contributed by atoms with Gasteiger partial charge in [0.05, 0.1) is 0 Å². The molecule has 0 radical (unpaired) electrons. The van der Waals surface area contributed by atoms with Gasteiger partial charge in [-0.15, -0.1) is 12.4 Å². The largest absolute Gasteiger partial charge is 0.477 e. The Morgan fingerprint density at radius 2 is 1.65 bits per heavy atom. The fourth-order valence-corrected chi connectivity index (χ4v) is 1.12. The van der Waals surface area contributed by atoms with Crippen LogP contribution in [0.2, 0.25) is 0 Å². The SMILES string of the molecule is Cl.NCCNCCNCCN.O=C(O)c1ccccn1. The summed E-state index contributed by atoms with van der Waals surface area (Å²) in [5.74, 6) is -0.990. The normalized spacial score (nSPS) is 9.10. The number of aromatic nitrogens is 1. The van der Waals surface area contributed by atoms with Gasteiger partial charge in [-0.2, -0.15) is 0 Å². The lowest BCUT2D eigenvalue weighted by molar-refractivity contribution is 0.0690. The molecule has 0 amide bonds. The Kier molecular flexibility index (Phi) is 16.6. The van der Waals surface area contributed by atoms with Crippen LogP contribution in [0.15, 0.2) is 24.4 Å². The van der Waals surface area contributed by atoms with E-state index in [2.05, 4.69) is 15.6 Å². The molecule has 8 heteroatoms. The van der Waals surface area contributed by atoms with Crippen LogP contribution in [0.5, 0.6) is 0 Å². The van der Waals surface area contributed by atoms with Crippen molar-refractivity contribution in [3.05, 3.63) is 30.1 Å². The van der Waals surface area contributed by atoms with Gasteiger partial charge in [0, 0.05) is 45.5 Å². The molecule has 20 heavy (non-hydrogen) atoms. The predicted octanol–water partition coefficient (Wildman–Crippen LogP) is -0.715. The number of nitrogens with zero attached hydrogens (tertiary/aromatic N) is 1. The molecule has 0 aliphatic carbocycles. The lowest BCUT2D eigenvalue weighted by Gasteiger charge is -2.03. The zero-order chi connectivity index (χ0) is 14.3. The summed E-state index contributed by atoms with van der Waals surface area (Å²) in [7, 11) is 0. The van der Waals surface area contributed by atoms with Crippen LogP contribution >= 0.6 is 12.4 Å². The molecule has 116 valence electrons. The van der Waals surface area contributed by atoms with Crippen LogP contribution in [0.3, 0.4) is 0 Å². The van der Waals surface area contributed by atoms with Crippen LogP contribution in [-0.2, 0) is 0 Å². The highest BCUT2D eigenvalue weighted by Gasteiger charge is 1.98. The number of hydrogen-bond donors (Lipinski definition) is 5. The van der Waals surface area contributed by atoms with Crippen molar-refractivity contribution < 1.29 is 9.90 Å². The van der Waals surface area contributed by atoms with Gasteiger partial charge in [-0.05, 0) is 12.1 Å². The minimum absolute atomic E-state index is 0. The van der Waals surface area contributed by atoms with E-state index >= 15 is 0 Å². The Bertz CT molecular complexity index is 319. The molecule has 0 unspecified atom stereocenters. The van der Waals surface area contributed by atoms with Gasteiger partial charge < -0.3 is 27.2 Å². The number of pyridine rings is 1. The Morgan fingerprint density at radius 3 is 1.95 bits per heavy atom. The molecule has 1 aromatic rings. The average molecular weight is 306 g/mol. The molecule has 7 N–H and O–H groups in total. The van der Waals surface area contributed by atoms with Gasteiger partial charge in [-0.1, -0.05) is 6.07 Å². The second-order valence-electron chi connectivity index (χ2n) is 3.60. The molecule has 0 aliphatic rings. The maximum Gasteiger partial charge on any atom is 0.354 e. The molecule has 0 atom stereocenters. The lowest BCUT2D eigenvalue weighted by atomic mass is 10.4. The van der Waals surface area contributed by atoms with Crippen LogP contribution in [0, 0.1) is 0 Å². The quantitative estimate of drug-likeness (QED) is 0.401. The molecule has 0 aliphatic heterocycles. The first-order chi connectivity index (χ1) is 9.22. The molecule has 1 heterocycles. The number of carboxylic acids is 1. The van der Waals surface area contributed by atoms with Crippen LogP contribution in [-0.4, -0.2) is 55.3 Å². The summed E-state index contributed by atoms with van der Waals surface area (Å²) in [5.41, 5.74) is 10.6. The second-order valence-corrected chi connectivity index (χ2v) is 3.60. The summed E-state index contributed by atoms with van der Waals surface area (Å²) in [6, 6.07) is 4.76. The number of nitrogens with one attached hydrogen (secondary N) is 2. The number of nitrogens with two attached hydrogens (primary N) is 2. The highest BCUT2D eigenvalue weighted by Crippen LogP contribution is 1.90. The summed E-state index contributed by atoms with van der Waals surface area (Å²) in [5, 5.41) is 14.7. The third kappa shape index (κ3) is 13.2. The Morgan fingerprint density at radius 1 is 1.10 bits per heavy atom. The van der Waals surface area contributed by atoms with Gasteiger partial charge in [0.2, 0.25) is 0 Å². The average Bonchev–Trinajstić information content (AvgIpc) is 2.44. The van der Waals surface area contributed by atoms with Crippen molar-refractivity contribution in [3.63, 3.8) is 0 Å². The fraction of sp³-hybridized carbons (Fsp3) is 0.500. The highest BCUT2D eigenvalue weighted by molar-refractivity contribution is 5.85. The molecule has 0 bridgehead atoms. The third-order valence-corrected chi connectivity index (χ3v) is 2.00. The number of carbonyl (C=O) groups is 1. The van der Waals surface area contributed by atoms with Gasteiger partial charge in [0.1, 0.15) is 5.69 Å². The van der Waals surface area contributed by atoms with E-state index < -0.39 is 5.97 Å². The monoisotopic (exact) mass is 305 g/mol. The topological polar surface area (TPSA) is 126 Å². The minimum Gasteiger partial charge on any atom is -0.477 e. The molecule has 0 saturated carbocycles. The standard InChI is InChI=1S/C6H18N4.C6H5NO2.ClH/c7-1-3-9-5-6-10-4-2-8;8-6(9)5-3-1-2-4-7-5;/h9-10H,1-8H2;1-4H,(H,8,9);1H. The van der Waals surface area contributed by atoms with E-state index in [0.717, 1.165) is 26.2 Å². The van der Waals surface area contributed by atoms with E-state index in [0.29, 0.717) is 13.1 Å². The highest BCUT2D eigenvalue weighted by atomic mass is 35.5. The summed E-state index contributed by atoms with van der Waals surface area (Å²) in [6.07, 6.45) is 1.45. The number of aromatic carboxylic acids is 1. The molecule has 1 aromatic heterocycles. The van der Waals surface area contributed by atoms with E-state index in [9.17, 15) is 4.79 Å². The van der Waals surface area contributed by atoms with Gasteiger partial charge in [-0.3, -0.25) is 0 Å². The maximum absolute atomic E-state index is 10.1. The van der Waals surface area contributed by atoms with E-state index in [1.54, 1.807) is 12.1 Å². The number of carboxylic acid groups (broad SMARTS) is 1. The molecule has 0 aromatic carbocycles. The smallest absolute Gasteiger partial charge is 0.354 e. The summed E-state index contributed by atoms with van der Waals surface area (Å²) >= 11 is 0. The Labute approximate surface area is 125 Å². The zero-order valence-electron chi connectivity index (χ0n) is 11.4. The Hall–Kier alpha value is -1.25. The molecule has 7 nitrogen and oxygen atoms in total. The van der Waals surface area contributed by atoms with Gasteiger partial charge >= 0.3 is 5.97 Å². The van der Waals surface area contributed by atoms with E-state index in [1.165, 1.54) is 12.3 Å². The van der Waals surface area contributed by atoms with E-state index in [-0.39, 0.29) is 18.1 Å². The summed E-state index contributed by atoms with van der Waals surface area (Å²) in [4.78, 5) is 13.7. The first-order valence-corrected chi connectivity index (χ1v) is 6.18. The van der Waals surface area contributed by atoms with E-state index in [1.807, 2.05) is 0 Å². The fourth-order valence-electron chi connectivity index (χ4n) is 1.12. The maximum atomic E-state index is 10.1. The molecule has 1 rings (SSSR count). The van der Waals surface area contributed by atoms with Crippen LogP contribution in [0.25, 0.3) is 0 Å². The third-order valence-electron chi connectivity index (χ3n) is 2.00. The van der Waals surface area contributed by atoms with Crippen molar-refractivity contribution in [2.75, 3.05) is 39.3 Å². The van der Waals surface area contributed by atoms with Crippen molar-refractivity contribution >= 4 is 18.4 Å². The number of halogens is 1. The van der Waals surface area contributed by atoms with Crippen LogP contribution < -0.4 is 22.1 Å². The minimum atomic E-state index is -0.990. The zero-order valence-corrected chi connectivity index (χ0v) is 12.2. The second kappa shape index (κ2) is 15.8. The predicted molar refractivity (Wildman–Crippen MR) is 82.3 cm³/mol. The number of rotatable bonds is 8. The first kappa shape index (κ1) is 21.1. The Balaban J connectivity index is 0. The molecule has 0 saturated heterocycles. The van der Waals surface area contributed by atoms with Crippen molar-refractivity contribution in [2.45, 2.75) is 0 Å². The lowest BCUT2D eigenvalue weighted by Crippen LogP contribution is -2.32. The van der Waals surface area contributed by atoms with Gasteiger partial charge in [0.15, 0.2) is 0 Å². The molecule has 0 spiro atoms. The van der Waals surface area contributed by atoms with Crippen LogP contribution in [0.1, 0.15) is 10.5 Å². The number of hydrogen-bond acceptors (Lipinski definition) is 6. The summed E-state index contributed by atoms with van der Waals surface area (Å²) < 4.78 is 0. The molecule has 0 fully saturated rings. The van der Waals surface area contributed by atoms with Crippen molar-refractivity contribution in [1.29, 1.82) is 0 Å². The van der Waals surface area contributed by atoms with Crippen molar-refractivity contribution in [1.82, 2.24) is 15.6 Å². The molecular weight excluding hydrogens is 282 g/mol. The van der Waals surface area contributed by atoms with Crippen molar-refractivity contribution in [2.24, 2.45) is 11.5 Å². The van der Waals surface area contributed by atoms with Gasteiger partial charge in [0.25, 0.3) is 0 Å². The van der Waals surface area contributed by atoms with Crippen LogP contribution in [0.4, 0.5) is 0 Å².